The van der Waals surface area contributed by atoms with Gasteiger partial charge in [0.05, 0.1) is 0 Å². The summed E-state index contributed by atoms with van der Waals surface area (Å²) in [4.78, 5) is 11.9. The second kappa shape index (κ2) is 9.99. The lowest BCUT2D eigenvalue weighted by Crippen LogP contribution is -2.18. The van der Waals surface area contributed by atoms with Crippen LogP contribution >= 0.6 is 11.8 Å². The van der Waals surface area contributed by atoms with E-state index in [9.17, 15) is 4.79 Å². The molecular weight excluding hydrogens is 362 g/mol. The molecule has 2 aromatic carbocycles. The zero-order valence-corrected chi connectivity index (χ0v) is 16.1. The van der Waals surface area contributed by atoms with Crippen LogP contribution in [-0.4, -0.2) is 28.5 Å². The minimum absolute atomic E-state index is 0.187. The van der Waals surface area contributed by atoms with Gasteiger partial charge in [-0.1, -0.05) is 54.2 Å². The largest absolute Gasteiger partial charge is 0.489 e. The van der Waals surface area contributed by atoms with Gasteiger partial charge in [0.1, 0.15) is 12.4 Å². The molecule has 1 N–H and O–H groups in total. The molecule has 3 rings (SSSR count). The van der Waals surface area contributed by atoms with E-state index in [0.29, 0.717) is 30.7 Å². The van der Waals surface area contributed by atoms with Crippen LogP contribution in [0.4, 0.5) is 0 Å². The number of nitrogens with zero attached hydrogens (tertiary/aromatic N) is 2. The molecule has 1 aromatic heterocycles. The highest BCUT2D eigenvalue weighted by molar-refractivity contribution is 7.98. The van der Waals surface area contributed by atoms with E-state index in [-0.39, 0.29) is 5.69 Å². The van der Waals surface area contributed by atoms with Crippen molar-refractivity contribution in [2.75, 3.05) is 13.7 Å². The molecule has 6 nitrogen and oxygen atoms in total. The quantitative estimate of drug-likeness (QED) is 0.427. The van der Waals surface area contributed by atoms with Gasteiger partial charge in [-0.25, -0.2) is 9.89 Å². The Kier molecular flexibility index (Phi) is 7.12. The minimum atomic E-state index is -0.187. The third-order valence-electron chi connectivity index (χ3n) is 3.97. The van der Waals surface area contributed by atoms with Crippen LogP contribution in [0.3, 0.4) is 0 Å². The van der Waals surface area contributed by atoms with Crippen molar-refractivity contribution >= 4 is 11.8 Å². The van der Waals surface area contributed by atoms with Crippen molar-refractivity contribution in [2.45, 2.75) is 30.5 Å². The molecule has 1 heterocycles. The van der Waals surface area contributed by atoms with Crippen molar-refractivity contribution in [1.29, 1.82) is 0 Å². The lowest BCUT2D eigenvalue weighted by atomic mass is 10.2. The molecule has 0 aliphatic rings. The molecule has 0 unspecified atom stereocenters. The molecule has 0 aliphatic heterocycles. The maximum atomic E-state index is 11.9. The summed E-state index contributed by atoms with van der Waals surface area (Å²) in [6.45, 7) is 1.74. The summed E-state index contributed by atoms with van der Waals surface area (Å²) >= 11 is 1.53. The normalized spacial score (nSPS) is 10.9. The standard InChI is InChI=1S/C20H23N3O3S/c1-25-12-6-11-23-19(24)21-22-20(23)27-15-17-9-5-10-18(13-17)26-14-16-7-3-2-4-8-16/h2-5,7-10,13H,6,11-12,14-15H2,1H3,(H,21,24). The monoisotopic (exact) mass is 385 g/mol. The van der Waals surface area contributed by atoms with E-state index in [1.54, 1.807) is 11.7 Å². The number of nitrogens with one attached hydrogen (secondary N) is 1. The van der Waals surface area contributed by atoms with Crippen molar-refractivity contribution < 1.29 is 9.47 Å². The zero-order valence-electron chi connectivity index (χ0n) is 15.3. The highest BCUT2D eigenvalue weighted by Crippen LogP contribution is 2.23. The van der Waals surface area contributed by atoms with Crippen LogP contribution in [0.15, 0.2) is 64.5 Å². The van der Waals surface area contributed by atoms with Crippen LogP contribution in [0, 0.1) is 0 Å². The van der Waals surface area contributed by atoms with E-state index in [2.05, 4.69) is 10.2 Å². The number of ether oxygens (including phenoxy) is 2. The second-order valence-corrected chi connectivity index (χ2v) is 6.96. The van der Waals surface area contributed by atoms with Crippen LogP contribution in [0.2, 0.25) is 0 Å². The van der Waals surface area contributed by atoms with Gasteiger partial charge in [-0.15, -0.1) is 5.10 Å². The predicted molar refractivity (Wildman–Crippen MR) is 106 cm³/mol. The van der Waals surface area contributed by atoms with Gasteiger partial charge in [-0.05, 0) is 29.7 Å². The van der Waals surface area contributed by atoms with Crippen LogP contribution in [0.5, 0.6) is 5.75 Å². The van der Waals surface area contributed by atoms with E-state index in [1.165, 1.54) is 11.8 Å². The Labute approximate surface area is 162 Å². The maximum absolute atomic E-state index is 11.9. The van der Waals surface area contributed by atoms with Gasteiger partial charge in [0.2, 0.25) is 0 Å². The highest BCUT2D eigenvalue weighted by atomic mass is 32.2. The van der Waals surface area contributed by atoms with Gasteiger partial charge in [-0.2, -0.15) is 0 Å². The van der Waals surface area contributed by atoms with Crippen molar-refractivity contribution in [2.24, 2.45) is 0 Å². The number of rotatable bonds is 10. The first-order valence-electron chi connectivity index (χ1n) is 8.79. The van der Waals surface area contributed by atoms with Crippen molar-refractivity contribution in [3.05, 3.63) is 76.2 Å². The lowest BCUT2D eigenvalue weighted by molar-refractivity contribution is 0.189. The topological polar surface area (TPSA) is 69.1 Å². The van der Waals surface area contributed by atoms with Crippen molar-refractivity contribution in [3.8, 4) is 5.75 Å². The molecule has 0 spiro atoms. The molecule has 7 heteroatoms. The molecule has 27 heavy (non-hydrogen) atoms. The van der Waals surface area contributed by atoms with Gasteiger partial charge in [0.25, 0.3) is 0 Å². The number of thioether (sulfide) groups is 1. The summed E-state index contributed by atoms with van der Waals surface area (Å²) in [5, 5.41) is 7.33. The fraction of sp³-hybridized carbons (Fsp3) is 0.300. The van der Waals surface area contributed by atoms with Crippen molar-refractivity contribution in [3.63, 3.8) is 0 Å². The molecule has 142 valence electrons. The Morgan fingerprint density at radius 1 is 1.11 bits per heavy atom. The average Bonchev–Trinajstić information content (AvgIpc) is 3.06. The van der Waals surface area contributed by atoms with E-state index in [4.69, 9.17) is 9.47 Å². The first-order chi connectivity index (χ1) is 13.3. The molecule has 0 fully saturated rings. The Bertz CT molecular complexity index is 893. The minimum Gasteiger partial charge on any atom is -0.489 e. The summed E-state index contributed by atoms with van der Waals surface area (Å²) in [6, 6.07) is 18.1. The highest BCUT2D eigenvalue weighted by Gasteiger charge is 2.09. The van der Waals surface area contributed by atoms with E-state index in [0.717, 1.165) is 23.3 Å². The molecule has 3 aromatic rings. The Hall–Kier alpha value is -2.51. The Morgan fingerprint density at radius 2 is 1.93 bits per heavy atom. The number of benzene rings is 2. The third-order valence-corrected chi connectivity index (χ3v) is 5.02. The summed E-state index contributed by atoms with van der Waals surface area (Å²) < 4.78 is 12.6. The van der Waals surface area contributed by atoms with Crippen LogP contribution in [-0.2, 0) is 23.6 Å². The summed E-state index contributed by atoms with van der Waals surface area (Å²) in [7, 11) is 1.65. The number of aromatic amines is 1. The first-order valence-corrected chi connectivity index (χ1v) is 9.77. The zero-order chi connectivity index (χ0) is 18.9. The number of H-pyrrole nitrogens is 1. The van der Waals surface area contributed by atoms with E-state index in [1.807, 2.05) is 54.6 Å². The second-order valence-electron chi connectivity index (χ2n) is 6.02. The van der Waals surface area contributed by atoms with E-state index < -0.39 is 0 Å². The smallest absolute Gasteiger partial charge is 0.343 e. The lowest BCUT2D eigenvalue weighted by Gasteiger charge is -2.09. The number of hydrogen-bond acceptors (Lipinski definition) is 5. The van der Waals surface area contributed by atoms with E-state index >= 15 is 0 Å². The maximum Gasteiger partial charge on any atom is 0.343 e. The SMILES string of the molecule is COCCCn1c(SCc2cccc(OCc3ccccc3)c2)n[nH]c1=O. The fourth-order valence-electron chi connectivity index (χ4n) is 2.59. The molecule has 0 saturated carbocycles. The Balaban J connectivity index is 1.58. The van der Waals surface area contributed by atoms with Gasteiger partial charge in [-0.3, -0.25) is 4.57 Å². The Morgan fingerprint density at radius 3 is 2.74 bits per heavy atom. The van der Waals surface area contributed by atoms with Crippen LogP contribution in [0.25, 0.3) is 0 Å². The van der Waals surface area contributed by atoms with Gasteiger partial charge in [0.15, 0.2) is 5.16 Å². The number of aromatic nitrogens is 3. The third kappa shape index (κ3) is 5.74. The van der Waals surface area contributed by atoms with Crippen molar-refractivity contribution in [1.82, 2.24) is 14.8 Å². The number of methoxy groups -OCH3 is 1. The van der Waals surface area contributed by atoms with Gasteiger partial charge < -0.3 is 9.47 Å². The first kappa shape index (κ1) is 19.3. The molecule has 0 amide bonds. The molecule has 0 saturated heterocycles. The molecular formula is C20H23N3O3S. The van der Waals surface area contributed by atoms with Gasteiger partial charge in [0, 0.05) is 26.0 Å². The average molecular weight is 385 g/mol. The summed E-state index contributed by atoms with van der Waals surface area (Å²) in [5.41, 5.74) is 2.06. The van der Waals surface area contributed by atoms with Crippen LogP contribution < -0.4 is 10.4 Å². The van der Waals surface area contributed by atoms with Gasteiger partial charge >= 0.3 is 5.69 Å². The fourth-order valence-corrected chi connectivity index (χ4v) is 3.51. The molecule has 0 atom stereocenters. The molecule has 0 aliphatic carbocycles. The summed E-state index contributed by atoms with van der Waals surface area (Å²) in [6.07, 6.45) is 0.770. The molecule has 0 bridgehead atoms. The van der Waals surface area contributed by atoms with Crippen LogP contribution in [0.1, 0.15) is 17.5 Å². The predicted octanol–water partition coefficient (Wildman–Crippen LogP) is 3.48. The number of hydrogen-bond donors (Lipinski definition) is 1. The molecule has 0 radical (unpaired) electrons. The summed E-state index contributed by atoms with van der Waals surface area (Å²) in [5.74, 6) is 1.54.